The number of hydrogen-bond donors (Lipinski definition) is 1. The summed E-state index contributed by atoms with van der Waals surface area (Å²) in [7, 11) is 0. The van der Waals surface area contributed by atoms with Crippen molar-refractivity contribution >= 4 is 17.7 Å². The Morgan fingerprint density at radius 2 is 2.25 bits per heavy atom. The molecule has 3 heterocycles. The third kappa shape index (κ3) is 2.44. The lowest BCUT2D eigenvalue weighted by Crippen LogP contribution is -2.43. The quantitative estimate of drug-likeness (QED) is 0.838. The summed E-state index contributed by atoms with van der Waals surface area (Å²) >= 11 is 1.47. The lowest BCUT2D eigenvalue weighted by Gasteiger charge is -2.31. The van der Waals surface area contributed by atoms with Crippen molar-refractivity contribution in [2.75, 3.05) is 18.8 Å². The van der Waals surface area contributed by atoms with Crippen molar-refractivity contribution in [1.29, 1.82) is 0 Å². The highest BCUT2D eigenvalue weighted by Gasteiger charge is 2.38. The Morgan fingerprint density at radius 1 is 1.42 bits per heavy atom. The Hall–Kier alpha value is -2.42. The number of nitrogens with zero attached hydrogens (tertiary/aromatic N) is 3. The molecule has 9 heteroatoms. The van der Waals surface area contributed by atoms with Crippen molar-refractivity contribution in [2.45, 2.75) is 30.3 Å². The van der Waals surface area contributed by atoms with Gasteiger partial charge in [0.15, 0.2) is 17.5 Å². The SMILES string of the molecule is CCOC(=O)C1Nn2c(C)nnc2SC1c1ccc2c(c1)OCO2. The van der Waals surface area contributed by atoms with Crippen molar-refractivity contribution in [3.8, 4) is 11.5 Å². The van der Waals surface area contributed by atoms with Crippen LogP contribution >= 0.6 is 11.8 Å². The normalized spacial score (nSPS) is 21.1. The number of fused-ring (bicyclic) bond motifs is 2. The molecule has 2 unspecified atom stereocenters. The largest absolute Gasteiger partial charge is 0.464 e. The van der Waals surface area contributed by atoms with E-state index in [4.69, 9.17) is 14.2 Å². The molecule has 0 saturated carbocycles. The summed E-state index contributed by atoms with van der Waals surface area (Å²) in [5, 5.41) is 8.70. The van der Waals surface area contributed by atoms with E-state index in [1.54, 1.807) is 11.6 Å². The maximum atomic E-state index is 12.5. The number of rotatable bonds is 3. The maximum Gasteiger partial charge on any atom is 0.331 e. The van der Waals surface area contributed by atoms with E-state index < -0.39 is 6.04 Å². The Morgan fingerprint density at radius 3 is 3.08 bits per heavy atom. The molecule has 0 fully saturated rings. The summed E-state index contributed by atoms with van der Waals surface area (Å²) in [5.74, 6) is 1.76. The second kappa shape index (κ2) is 5.90. The van der Waals surface area contributed by atoms with Gasteiger partial charge >= 0.3 is 5.97 Å². The fraction of sp³-hybridized carbons (Fsp3) is 0.400. The van der Waals surface area contributed by atoms with Gasteiger partial charge in [-0.15, -0.1) is 10.2 Å². The topological polar surface area (TPSA) is 87.5 Å². The highest BCUT2D eigenvalue weighted by atomic mass is 32.2. The highest BCUT2D eigenvalue weighted by Crippen LogP contribution is 2.44. The lowest BCUT2D eigenvalue weighted by atomic mass is 10.0. The molecule has 1 aromatic carbocycles. The van der Waals surface area contributed by atoms with Crippen LogP contribution in [-0.4, -0.2) is 40.3 Å². The zero-order valence-electron chi connectivity index (χ0n) is 13.2. The van der Waals surface area contributed by atoms with Gasteiger partial charge in [-0.2, -0.15) is 0 Å². The first-order chi connectivity index (χ1) is 11.7. The zero-order chi connectivity index (χ0) is 16.7. The smallest absolute Gasteiger partial charge is 0.331 e. The third-order valence-corrected chi connectivity index (χ3v) is 5.14. The Labute approximate surface area is 142 Å². The van der Waals surface area contributed by atoms with E-state index >= 15 is 0 Å². The van der Waals surface area contributed by atoms with Gasteiger partial charge < -0.3 is 19.6 Å². The second-order valence-electron chi connectivity index (χ2n) is 5.38. The number of ether oxygens (including phenoxy) is 3. The van der Waals surface area contributed by atoms with Crippen LogP contribution in [0.1, 0.15) is 23.6 Å². The standard InChI is InChI=1S/C15H16N4O4S/c1-3-21-14(20)12-13(24-15-17-16-8(2)19(15)18-12)9-4-5-10-11(6-9)23-7-22-10/h4-6,12-13,18H,3,7H2,1-2H3. The van der Waals surface area contributed by atoms with E-state index in [9.17, 15) is 4.79 Å². The summed E-state index contributed by atoms with van der Waals surface area (Å²) in [4.78, 5) is 12.5. The van der Waals surface area contributed by atoms with Crippen LogP contribution in [-0.2, 0) is 9.53 Å². The number of aromatic nitrogens is 3. The molecule has 1 aromatic heterocycles. The molecule has 0 amide bonds. The molecule has 2 aliphatic rings. The zero-order valence-corrected chi connectivity index (χ0v) is 14.0. The Balaban J connectivity index is 1.71. The van der Waals surface area contributed by atoms with Crippen LogP contribution in [0.4, 0.5) is 0 Å². The van der Waals surface area contributed by atoms with Crippen LogP contribution in [0.2, 0.25) is 0 Å². The van der Waals surface area contributed by atoms with Crippen molar-refractivity contribution in [3.05, 3.63) is 29.6 Å². The number of thioether (sulfide) groups is 1. The van der Waals surface area contributed by atoms with Crippen molar-refractivity contribution in [3.63, 3.8) is 0 Å². The van der Waals surface area contributed by atoms with Gasteiger partial charge in [0, 0.05) is 0 Å². The summed E-state index contributed by atoms with van der Waals surface area (Å²) in [6, 6.07) is 5.12. The van der Waals surface area contributed by atoms with Crippen LogP contribution < -0.4 is 14.9 Å². The fourth-order valence-electron chi connectivity index (χ4n) is 2.72. The number of esters is 1. The Kier molecular flexibility index (Phi) is 3.72. The van der Waals surface area contributed by atoms with Crippen molar-refractivity contribution < 1.29 is 19.0 Å². The van der Waals surface area contributed by atoms with Gasteiger partial charge in [-0.1, -0.05) is 17.8 Å². The third-order valence-electron chi connectivity index (χ3n) is 3.86. The predicted octanol–water partition coefficient (Wildman–Crippen LogP) is 1.64. The van der Waals surface area contributed by atoms with Gasteiger partial charge in [0.25, 0.3) is 0 Å². The summed E-state index contributed by atoms with van der Waals surface area (Å²) in [5.41, 5.74) is 4.10. The first kappa shape index (κ1) is 15.1. The number of carbonyl (C=O) groups excluding carboxylic acids is 1. The molecular formula is C15H16N4O4S. The van der Waals surface area contributed by atoms with Gasteiger partial charge in [-0.05, 0) is 31.5 Å². The first-order valence-corrected chi connectivity index (χ1v) is 8.46. The van der Waals surface area contributed by atoms with E-state index in [1.165, 1.54) is 11.8 Å². The summed E-state index contributed by atoms with van der Waals surface area (Å²) < 4.78 is 17.7. The molecular weight excluding hydrogens is 332 g/mol. The van der Waals surface area contributed by atoms with Gasteiger partial charge in [0.05, 0.1) is 11.9 Å². The molecule has 24 heavy (non-hydrogen) atoms. The molecule has 0 spiro atoms. The molecule has 8 nitrogen and oxygen atoms in total. The molecule has 2 atom stereocenters. The number of nitrogens with one attached hydrogen (secondary N) is 1. The van der Waals surface area contributed by atoms with E-state index in [0.29, 0.717) is 29.1 Å². The average Bonchev–Trinajstić information content (AvgIpc) is 3.20. The minimum Gasteiger partial charge on any atom is -0.464 e. The molecule has 1 N–H and O–H groups in total. The second-order valence-corrected chi connectivity index (χ2v) is 6.48. The molecule has 2 aliphatic heterocycles. The van der Waals surface area contributed by atoms with Crippen molar-refractivity contribution in [2.24, 2.45) is 0 Å². The first-order valence-electron chi connectivity index (χ1n) is 7.58. The van der Waals surface area contributed by atoms with Gasteiger partial charge in [0.2, 0.25) is 11.9 Å². The number of hydrogen-bond acceptors (Lipinski definition) is 8. The van der Waals surface area contributed by atoms with Gasteiger partial charge in [-0.3, -0.25) is 0 Å². The fourth-order valence-corrected chi connectivity index (χ4v) is 3.91. The van der Waals surface area contributed by atoms with Crippen LogP contribution in [0.5, 0.6) is 11.5 Å². The molecule has 0 aliphatic carbocycles. The van der Waals surface area contributed by atoms with E-state index in [2.05, 4.69) is 15.6 Å². The summed E-state index contributed by atoms with van der Waals surface area (Å²) in [6.07, 6.45) is 0. The number of aryl methyl sites for hydroxylation is 1. The molecule has 2 aromatic rings. The predicted molar refractivity (Wildman–Crippen MR) is 85.7 cm³/mol. The highest BCUT2D eigenvalue weighted by molar-refractivity contribution is 7.99. The van der Waals surface area contributed by atoms with Crippen LogP contribution in [0.25, 0.3) is 0 Å². The maximum absolute atomic E-state index is 12.5. The lowest BCUT2D eigenvalue weighted by molar-refractivity contribution is -0.144. The van der Waals surface area contributed by atoms with E-state index in [-0.39, 0.29) is 18.0 Å². The van der Waals surface area contributed by atoms with Gasteiger partial charge in [-0.25, -0.2) is 9.47 Å². The van der Waals surface area contributed by atoms with Crippen LogP contribution in [0, 0.1) is 6.92 Å². The number of benzene rings is 1. The Bertz CT molecular complexity index is 794. The van der Waals surface area contributed by atoms with Gasteiger partial charge in [0.1, 0.15) is 5.82 Å². The monoisotopic (exact) mass is 348 g/mol. The minimum absolute atomic E-state index is 0.212. The summed E-state index contributed by atoms with van der Waals surface area (Å²) in [6.45, 7) is 4.15. The average molecular weight is 348 g/mol. The minimum atomic E-state index is -0.558. The van der Waals surface area contributed by atoms with Crippen molar-refractivity contribution in [1.82, 2.24) is 14.9 Å². The van der Waals surface area contributed by atoms with E-state index in [0.717, 1.165) is 5.56 Å². The molecule has 0 radical (unpaired) electrons. The van der Waals surface area contributed by atoms with Crippen LogP contribution in [0.15, 0.2) is 23.4 Å². The van der Waals surface area contributed by atoms with E-state index in [1.807, 2.05) is 25.1 Å². The molecule has 4 rings (SSSR count). The number of carbonyl (C=O) groups is 1. The molecule has 126 valence electrons. The molecule has 0 saturated heterocycles. The van der Waals surface area contributed by atoms with Crippen LogP contribution in [0.3, 0.4) is 0 Å². The molecule has 0 bridgehead atoms.